The Hall–Kier alpha value is -0.470. The molecule has 0 saturated carbocycles. The average molecular weight is 304 g/mol. The molecule has 0 radical (unpaired) electrons. The van der Waals surface area contributed by atoms with Crippen LogP contribution in [0.15, 0.2) is 16.6 Å². The molecule has 1 atom stereocenters. The number of halogens is 2. The molecule has 86 valence electrons. The van der Waals surface area contributed by atoms with Crippen LogP contribution in [0.1, 0.15) is 10.4 Å². The van der Waals surface area contributed by atoms with Crippen molar-refractivity contribution in [3.8, 4) is 0 Å². The summed E-state index contributed by atoms with van der Waals surface area (Å²) in [6.07, 6.45) is 2.90. The molecule has 2 rings (SSSR count). The van der Waals surface area contributed by atoms with Gasteiger partial charge in [-0.2, -0.15) is 0 Å². The van der Waals surface area contributed by atoms with Gasteiger partial charge in [0.25, 0.3) is 0 Å². The lowest BCUT2D eigenvalue weighted by atomic mass is 10.1. The van der Waals surface area contributed by atoms with Crippen molar-refractivity contribution in [1.29, 1.82) is 0 Å². The van der Waals surface area contributed by atoms with E-state index in [1.165, 1.54) is 12.2 Å². The second kappa shape index (κ2) is 4.80. The molecule has 1 heterocycles. The highest BCUT2D eigenvalue weighted by molar-refractivity contribution is 9.10. The third kappa shape index (κ3) is 2.14. The molecular formula is C11H12BrFNOP. The van der Waals surface area contributed by atoms with Gasteiger partial charge in [-0.1, -0.05) is 7.92 Å². The van der Waals surface area contributed by atoms with E-state index in [-0.39, 0.29) is 18.2 Å². The number of carbonyl (C=O) groups excluding carboxylic acids is 1. The van der Waals surface area contributed by atoms with E-state index in [1.54, 1.807) is 6.07 Å². The van der Waals surface area contributed by atoms with Gasteiger partial charge < -0.3 is 4.90 Å². The Morgan fingerprint density at radius 1 is 1.56 bits per heavy atom. The normalized spacial score (nSPS) is 20.2. The van der Waals surface area contributed by atoms with Crippen LogP contribution in [0.3, 0.4) is 0 Å². The van der Waals surface area contributed by atoms with Gasteiger partial charge in [-0.05, 0) is 40.9 Å². The highest BCUT2D eigenvalue weighted by atomic mass is 79.9. The van der Waals surface area contributed by atoms with E-state index in [1.807, 2.05) is 0 Å². The Morgan fingerprint density at radius 3 is 2.88 bits per heavy atom. The zero-order valence-electron chi connectivity index (χ0n) is 8.91. The lowest BCUT2D eigenvalue weighted by Crippen LogP contribution is -2.20. The smallest absolute Gasteiger partial charge is 0.153 e. The fourth-order valence-electron chi connectivity index (χ4n) is 1.86. The van der Waals surface area contributed by atoms with Gasteiger partial charge in [0, 0.05) is 18.5 Å². The summed E-state index contributed by atoms with van der Waals surface area (Å²) in [6.45, 7) is 3.20. The van der Waals surface area contributed by atoms with Crippen LogP contribution < -0.4 is 4.90 Å². The van der Waals surface area contributed by atoms with Crippen molar-refractivity contribution < 1.29 is 9.18 Å². The van der Waals surface area contributed by atoms with Crippen molar-refractivity contribution in [3.63, 3.8) is 0 Å². The minimum absolute atomic E-state index is 0.0383. The van der Waals surface area contributed by atoms with Crippen molar-refractivity contribution in [2.45, 2.75) is 0 Å². The SMILES string of the molecule is CP1CCN(c2ccc(F)c(Br)c2C=O)C1. The maximum absolute atomic E-state index is 13.3. The maximum Gasteiger partial charge on any atom is 0.153 e. The molecule has 2 nitrogen and oxygen atoms in total. The monoisotopic (exact) mass is 303 g/mol. The van der Waals surface area contributed by atoms with Gasteiger partial charge in [-0.3, -0.25) is 4.79 Å². The molecule has 1 aromatic carbocycles. The summed E-state index contributed by atoms with van der Waals surface area (Å²) in [4.78, 5) is 13.2. The summed E-state index contributed by atoms with van der Waals surface area (Å²) in [5.74, 6) is -0.385. The maximum atomic E-state index is 13.3. The molecule has 1 aromatic rings. The largest absolute Gasteiger partial charge is 0.366 e. The van der Waals surface area contributed by atoms with Gasteiger partial charge in [0.1, 0.15) is 5.82 Å². The lowest BCUT2D eigenvalue weighted by Gasteiger charge is -2.20. The summed E-state index contributed by atoms with van der Waals surface area (Å²) in [5, 5.41) is 0. The number of anilines is 1. The van der Waals surface area contributed by atoms with Crippen LogP contribution in [0.4, 0.5) is 10.1 Å². The first-order valence-corrected chi connectivity index (χ1v) is 7.95. The Bertz CT molecular complexity index is 427. The van der Waals surface area contributed by atoms with Crippen molar-refractivity contribution >= 4 is 35.8 Å². The summed E-state index contributed by atoms with van der Waals surface area (Å²) >= 11 is 3.13. The third-order valence-corrected chi connectivity index (χ3v) is 5.33. The van der Waals surface area contributed by atoms with Crippen LogP contribution in [-0.4, -0.2) is 31.9 Å². The first-order valence-electron chi connectivity index (χ1n) is 5.00. The zero-order valence-corrected chi connectivity index (χ0v) is 11.4. The summed E-state index contributed by atoms with van der Waals surface area (Å²) < 4.78 is 13.6. The first kappa shape index (κ1) is 12.0. The number of aldehydes is 1. The van der Waals surface area contributed by atoms with Crippen LogP contribution in [0.5, 0.6) is 0 Å². The molecule has 1 unspecified atom stereocenters. The van der Waals surface area contributed by atoms with Crippen molar-refractivity contribution in [2.75, 3.05) is 30.6 Å². The summed E-state index contributed by atoms with van der Waals surface area (Å²) in [5.41, 5.74) is 1.26. The quantitative estimate of drug-likeness (QED) is 0.617. The van der Waals surface area contributed by atoms with Gasteiger partial charge in [0.05, 0.1) is 10.0 Å². The molecule has 1 aliphatic heterocycles. The Balaban J connectivity index is 2.41. The van der Waals surface area contributed by atoms with Crippen LogP contribution in [0, 0.1) is 5.82 Å². The van der Waals surface area contributed by atoms with Gasteiger partial charge in [-0.25, -0.2) is 4.39 Å². The van der Waals surface area contributed by atoms with E-state index >= 15 is 0 Å². The van der Waals surface area contributed by atoms with Crippen molar-refractivity contribution in [1.82, 2.24) is 0 Å². The van der Waals surface area contributed by atoms with Crippen LogP contribution in [0.2, 0.25) is 0 Å². The van der Waals surface area contributed by atoms with Gasteiger partial charge in [-0.15, -0.1) is 0 Å². The molecular weight excluding hydrogens is 292 g/mol. The predicted octanol–water partition coefficient (Wildman–Crippen LogP) is 3.29. The van der Waals surface area contributed by atoms with Crippen molar-refractivity contribution in [3.05, 3.63) is 28.0 Å². The van der Waals surface area contributed by atoms with Crippen LogP contribution >= 0.6 is 23.9 Å². The van der Waals surface area contributed by atoms with E-state index in [0.717, 1.165) is 24.8 Å². The molecule has 0 N–H and O–H groups in total. The fourth-order valence-corrected chi connectivity index (χ4v) is 3.89. The number of benzene rings is 1. The molecule has 0 amide bonds. The average Bonchev–Trinajstić information content (AvgIpc) is 2.68. The number of carbonyl (C=O) groups is 1. The van der Waals surface area contributed by atoms with Crippen LogP contribution in [-0.2, 0) is 0 Å². The Morgan fingerprint density at radius 2 is 2.31 bits per heavy atom. The van der Waals surface area contributed by atoms with Gasteiger partial charge in [0.2, 0.25) is 0 Å². The third-order valence-electron chi connectivity index (χ3n) is 2.73. The number of nitrogens with zero attached hydrogens (tertiary/aromatic N) is 1. The highest BCUT2D eigenvalue weighted by Gasteiger charge is 2.22. The number of hydrogen-bond donors (Lipinski definition) is 0. The minimum atomic E-state index is -0.385. The molecule has 0 aromatic heterocycles. The molecule has 1 fully saturated rings. The Labute approximate surface area is 104 Å². The Kier molecular flexibility index (Phi) is 3.60. The lowest BCUT2D eigenvalue weighted by molar-refractivity contribution is 0.112. The molecule has 0 bridgehead atoms. The highest BCUT2D eigenvalue weighted by Crippen LogP contribution is 2.40. The first-order chi connectivity index (χ1) is 7.63. The van der Waals surface area contributed by atoms with Crippen molar-refractivity contribution in [2.24, 2.45) is 0 Å². The predicted molar refractivity (Wildman–Crippen MR) is 69.4 cm³/mol. The second-order valence-corrected chi connectivity index (χ2v) is 7.13. The number of hydrogen-bond acceptors (Lipinski definition) is 2. The molecule has 1 saturated heterocycles. The van der Waals surface area contributed by atoms with Gasteiger partial charge >= 0.3 is 0 Å². The van der Waals surface area contributed by atoms with E-state index in [0.29, 0.717) is 5.56 Å². The summed E-state index contributed by atoms with van der Waals surface area (Å²) in [6, 6.07) is 3.10. The van der Waals surface area contributed by atoms with E-state index in [4.69, 9.17) is 0 Å². The van der Waals surface area contributed by atoms with E-state index in [9.17, 15) is 9.18 Å². The zero-order chi connectivity index (χ0) is 11.7. The van der Waals surface area contributed by atoms with E-state index < -0.39 is 0 Å². The van der Waals surface area contributed by atoms with Gasteiger partial charge in [0.15, 0.2) is 6.29 Å². The number of rotatable bonds is 2. The molecule has 0 aliphatic carbocycles. The van der Waals surface area contributed by atoms with Crippen LogP contribution in [0.25, 0.3) is 0 Å². The fraction of sp³-hybridized carbons (Fsp3) is 0.364. The summed E-state index contributed by atoms with van der Waals surface area (Å²) in [7, 11) is 0.0383. The molecule has 5 heteroatoms. The second-order valence-electron chi connectivity index (χ2n) is 3.90. The molecule has 1 aliphatic rings. The minimum Gasteiger partial charge on any atom is -0.366 e. The molecule has 16 heavy (non-hydrogen) atoms. The van der Waals surface area contributed by atoms with E-state index in [2.05, 4.69) is 27.5 Å². The molecule has 0 spiro atoms. The standard InChI is InChI=1S/C11H12BrFNOP/c1-16-5-4-14(7-16)10-3-2-9(13)11(12)8(10)6-15/h2-3,6H,4-5,7H2,1H3. The topological polar surface area (TPSA) is 20.3 Å².